The molecule has 1 saturated heterocycles. The van der Waals surface area contributed by atoms with Crippen LogP contribution in [0.1, 0.15) is 27.7 Å². The third-order valence-corrected chi connectivity index (χ3v) is 4.44. The summed E-state index contributed by atoms with van der Waals surface area (Å²) in [5, 5.41) is 0. The molecular formula is C13H16BBrF2O3. The first-order valence-corrected chi connectivity index (χ1v) is 6.97. The van der Waals surface area contributed by atoms with Crippen LogP contribution in [0.2, 0.25) is 0 Å². The molecule has 110 valence electrons. The van der Waals surface area contributed by atoms with Gasteiger partial charge in [0.2, 0.25) is 0 Å². The van der Waals surface area contributed by atoms with Crippen molar-refractivity contribution >= 4 is 28.5 Å². The maximum atomic E-state index is 14.3. The van der Waals surface area contributed by atoms with Crippen LogP contribution in [-0.4, -0.2) is 25.4 Å². The number of halogens is 3. The summed E-state index contributed by atoms with van der Waals surface area (Å²) in [4.78, 5) is 0. The molecule has 0 spiro atoms. The minimum atomic E-state index is -1.12. The van der Waals surface area contributed by atoms with Crippen LogP contribution in [0.25, 0.3) is 0 Å². The number of methoxy groups -OCH3 is 1. The van der Waals surface area contributed by atoms with Crippen molar-refractivity contribution in [2.24, 2.45) is 0 Å². The first-order chi connectivity index (χ1) is 9.10. The third-order valence-electron chi connectivity index (χ3n) is 3.87. The lowest BCUT2D eigenvalue weighted by Gasteiger charge is -2.32. The summed E-state index contributed by atoms with van der Waals surface area (Å²) in [5.74, 6) is -1.63. The predicted octanol–water partition coefficient (Wildman–Crippen LogP) is 3.04. The SMILES string of the molecule is COc1cc(Br)c(F)c(B2OC(C)(C)C(C)(C)O2)c1F. The molecule has 20 heavy (non-hydrogen) atoms. The largest absolute Gasteiger partial charge is 0.501 e. The van der Waals surface area contributed by atoms with Gasteiger partial charge < -0.3 is 14.0 Å². The second-order valence-electron chi connectivity index (χ2n) is 5.69. The second kappa shape index (κ2) is 4.96. The van der Waals surface area contributed by atoms with E-state index in [1.54, 1.807) is 0 Å². The van der Waals surface area contributed by atoms with Crippen LogP contribution in [0.3, 0.4) is 0 Å². The quantitative estimate of drug-likeness (QED) is 0.607. The summed E-state index contributed by atoms with van der Waals surface area (Å²) < 4.78 is 44.9. The van der Waals surface area contributed by atoms with E-state index in [9.17, 15) is 8.78 Å². The molecule has 1 aliphatic rings. The molecule has 7 heteroatoms. The molecule has 0 saturated carbocycles. The van der Waals surface area contributed by atoms with Crippen LogP contribution in [0, 0.1) is 11.6 Å². The zero-order valence-corrected chi connectivity index (χ0v) is 13.6. The van der Waals surface area contributed by atoms with E-state index in [2.05, 4.69) is 15.9 Å². The maximum Gasteiger partial charge on any atom is 0.501 e. The van der Waals surface area contributed by atoms with Crippen LogP contribution in [0.4, 0.5) is 8.78 Å². The Hall–Kier alpha value is -0.655. The zero-order chi connectivity index (χ0) is 15.3. The van der Waals surface area contributed by atoms with Gasteiger partial charge in [-0.3, -0.25) is 0 Å². The van der Waals surface area contributed by atoms with Crippen molar-refractivity contribution in [3.8, 4) is 5.75 Å². The molecule has 1 fully saturated rings. The van der Waals surface area contributed by atoms with E-state index in [0.29, 0.717) is 0 Å². The van der Waals surface area contributed by atoms with E-state index < -0.39 is 30.0 Å². The summed E-state index contributed by atoms with van der Waals surface area (Å²) in [5.41, 5.74) is -1.63. The van der Waals surface area contributed by atoms with Crippen LogP contribution < -0.4 is 10.2 Å². The van der Waals surface area contributed by atoms with Gasteiger partial charge in [-0.15, -0.1) is 0 Å². The third kappa shape index (κ3) is 2.36. The summed E-state index contributed by atoms with van der Waals surface area (Å²) in [6.07, 6.45) is 0. The fourth-order valence-corrected chi connectivity index (χ4v) is 2.34. The normalized spacial score (nSPS) is 20.3. The highest BCUT2D eigenvalue weighted by Gasteiger charge is 2.53. The van der Waals surface area contributed by atoms with Gasteiger partial charge in [0.05, 0.1) is 28.2 Å². The van der Waals surface area contributed by atoms with E-state index in [4.69, 9.17) is 14.0 Å². The van der Waals surface area contributed by atoms with E-state index >= 15 is 0 Å². The van der Waals surface area contributed by atoms with Crippen molar-refractivity contribution in [3.63, 3.8) is 0 Å². The molecule has 0 N–H and O–H groups in total. The topological polar surface area (TPSA) is 27.7 Å². The smallest absolute Gasteiger partial charge is 0.494 e. The second-order valence-corrected chi connectivity index (χ2v) is 6.54. The van der Waals surface area contributed by atoms with Gasteiger partial charge in [-0.05, 0) is 43.6 Å². The van der Waals surface area contributed by atoms with Crippen LogP contribution in [0.5, 0.6) is 5.75 Å². The molecule has 1 aliphatic heterocycles. The minimum Gasteiger partial charge on any atom is -0.494 e. The molecular weight excluding hydrogens is 333 g/mol. The molecule has 1 heterocycles. The van der Waals surface area contributed by atoms with Gasteiger partial charge >= 0.3 is 7.12 Å². The van der Waals surface area contributed by atoms with Crippen molar-refractivity contribution in [1.29, 1.82) is 0 Å². The van der Waals surface area contributed by atoms with Gasteiger partial charge in [-0.1, -0.05) is 0 Å². The molecule has 1 aromatic rings. The van der Waals surface area contributed by atoms with Crippen molar-refractivity contribution < 1.29 is 22.8 Å². The molecule has 0 bridgehead atoms. The predicted molar refractivity (Wildman–Crippen MR) is 76.3 cm³/mol. The Balaban J connectivity index is 2.52. The number of rotatable bonds is 2. The van der Waals surface area contributed by atoms with Gasteiger partial charge in [0.25, 0.3) is 0 Å². The van der Waals surface area contributed by atoms with Crippen molar-refractivity contribution in [2.45, 2.75) is 38.9 Å². The van der Waals surface area contributed by atoms with E-state index in [1.807, 2.05) is 27.7 Å². The Labute approximate surface area is 125 Å². The number of ether oxygens (including phenoxy) is 1. The lowest BCUT2D eigenvalue weighted by molar-refractivity contribution is 0.00578. The zero-order valence-electron chi connectivity index (χ0n) is 12.0. The van der Waals surface area contributed by atoms with Crippen molar-refractivity contribution in [3.05, 3.63) is 22.2 Å². The van der Waals surface area contributed by atoms with Gasteiger partial charge in [0.15, 0.2) is 11.6 Å². The van der Waals surface area contributed by atoms with E-state index in [0.717, 1.165) is 0 Å². The number of benzene rings is 1. The summed E-state index contributed by atoms with van der Waals surface area (Å²) in [7, 11) is 0.197. The van der Waals surface area contributed by atoms with Crippen LogP contribution in [0.15, 0.2) is 10.5 Å². The Morgan fingerprint density at radius 2 is 1.60 bits per heavy atom. The number of hydrogen-bond donors (Lipinski definition) is 0. The Bertz CT molecular complexity index is 533. The molecule has 0 amide bonds. The van der Waals surface area contributed by atoms with Crippen LogP contribution >= 0.6 is 15.9 Å². The highest BCUT2D eigenvalue weighted by Crippen LogP contribution is 2.37. The van der Waals surface area contributed by atoms with E-state index in [-0.39, 0.29) is 15.7 Å². The molecule has 0 unspecified atom stereocenters. The standard InChI is InChI=1S/C13H16BBrF2O3/c1-12(2)13(3,4)20-14(19-12)9-10(16)7(15)6-8(18-5)11(9)17/h6H,1-5H3. The Morgan fingerprint density at radius 1 is 1.10 bits per heavy atom. The lowest BCUT2D eigenvalue weighted by Crippen LogP contribution is -2.41. The minimum absolute atomic E-state index is 0.0667. The lowest BCUT2D eigenvalue weighted by atomic mass is 9.78. The van der Waals surface area contributed by atoms with Gasteiger partial charge in [-0.25, -0.2) is 8.78 Å². The number of hydrogen-bond acceptors (Lipinski definition) is 3. The molecule has 0 atom stereocenters. The highest BCUT2D eigenvalue weighted by atomic mass is 79.9. The average Bonchev–Trinajstić information content (AvgIpc) is 2.53. The molecule has 2 rings (SSSR count). The first-order valence-electron chi connectivity index (χ1n) is 6.17. The van der Waals surface area contributed by atoms with Gasteiger partial charge in [0, 0.05) is 6.07 Å². The summed E-state index contributed by atoms with van der Waals surface area (Å²) in [6, 6.07) is 1.24. The summed E-state index contributed by atoms with van der Waals surface area (Å²) >= 11 is 3.04. The van der Waals surface area contributed by atoms with Gasteiger partial charge in [0.1, 0.15) is 5.82 Å². The fraction of sp³-hybridized carbons (Fsp3) is 0.538. The summed E-state index contributed by atoms with van der Waals surface area (Å²) in [6.45, 7) is 7.27. The molecule has 0 aliphatic carbocycles. The van der Waals surface area contributed by atoms with E-state index in [1.165, 1.54) is 13.2 Å². The molecule has 3 nitrogen and oxygen atoms in total. The van der Waals surface area contributed by atoms with Crippen molar-refractivity contribution in [2.75, 3.05) is 7.11 Å². The highest BCUT2D eigenvalue weighted by molar-refractivity contribution is 9.10. The Kier molecular flexibility index (Phi) is 3.90. The monoisotopic (exact) mass is 348 g/mol. The molecule has 1 aromatic carbocycles. The van der Waals surface area contributed by atoms with Crippen LogP contribution in [-0.2, 0) is 9.31 Å². The fourth-order valence-electron chi connectivity index (χ4n) is 1.92. The molecule has 0 radical (unpaired) electrons. The maximum absolute atomic E-state index is 14.3. The molecule has 0 aromatic heterocycles. The van der Waals surface area contributed by atoms with Crippen molar-refractivity contribution in [1.82, 2.24) is 0 Å². The van der Waals surface area contributed by atoms with Gasteiger partial charge in [-0.2, -0.15) is 0 Å². The Morgan fingerprint density at radius 3 is 2.05 bits per heavy atom. The first kappa shape index (κ1) is 15.7. The average molecular weight is 349 g/mol.